The van der Waals surface area contributed by atoms with Gasteiger partial charge in [-0.25, -0.2) is 9.13 Å². The van der Waals surface area contributed by atoms with Crippen LogP contribution in [0, 0.1) is 13.8 Å². The van der Waals surface area contributed by atoms with Crippen molar-refractivity contribution >= 4 is 11.0 Å². The van der Waals surface area contributed by atoms with Gasteiger partial charge in [-0.1, -0.05) is 37.6 Å². The normalized spacial score (nSPS) is 15.5. The van der Waals surface area contributed by atoms with Crippen molar-refractivity contribution in [3.05, 3.63) is 53.1 Å². The number of benzene rings is 2. The largest absolute Gasteiger partial charge is 0.290 e. The van der Waals surface area contributed by atoms with Crippen molar-refractivity contribution in [3.63, 3.8) is 0 Å². The monoisotopic (exact) mass is 347 g/mol. The van der Waals surface area contributed by atoms with Gasteiger partial charge in [-0.3, -0.25) is 0 Å². The highest BCUT2D eigenvalue weighted by Crippen LogP contribution is 2.33. The Morgan fingerprint density at radius 2 is 1.73 bits per heavy atom. The summed E-state index contributed by atoms with van der Waals surface area (Å²) in [6.07, 6.45) is 5.30. The fourth-order valence-electron chi connectivity index (χ4n) is 4.58. The smallest absolute Gasteiger partial charge is 0.226 e. The molecule has 0 N–H and O–H groups in total. The van der Waals surface area contributed by atoms with Gasteiger partial charge in [0.1, 0.15) is 6.04 Å². The average molecular weight is 348 g/mol. The number of rotatable bonds is 3. The second-order valence-electron chi connectivity index (χ2n) is 8.41. The minimum absolute atomic E-state index is 0.554. The molecule has 4 rings (SSSR count). The van der Waals surface area contributed by atoms with Gasteiger partial charge in [0.25, 0.3) is 5.82 Å². The van der Waals surface area contributed by atoms with Gasteiger partial charge in [0.2, 0.25) is 0 Å². The Labute approximate surface area is 157 Å². The van der Waals surface area contributed by atoms with Crippen LogP contribution in [0.15, 0.2) is 36.4 Å². The number of imidazole rings is 1. The zero-order valence-electron chi connectivity index (χ0n) is 16.8. The number of aryl methyl sites for hydroxylation is 3. The zero-order chi connectivity index (χ0) is 18.4. The maximum absolute atomic E-state index is 2.65. The van der Waals surface area contributed by atoms with E-state index in [1.165, 1.54) is 64.8 Å². The second-order valence-corrected chi connectivity index (χ2v) is 8.41. The van der Waals surface area contributed by atoms with E-state index in [0.717, 1.165) is 0 Å². The Hall–Kier alpha value is -2.09. The molecule has 2 heteroatoms. The molecule has 1 saturated carbocycles. The van der Waals surface area contributed by atoms with Crippen LogP contribution >= 0.6 is 0 Å². The molecule has 1 heterocycles. The first kappa shape index (κ1) is 17.3. The Balaban J connectivity index is 2.05. The van der Waals surface area contributed by atoms with Crippen LogP contribution in [0.4, 0.5) is 0 Å². The quantitative estimate of drug-likeness (QED) is 0.515. The van der Waals surface area contributed by atoms with Crippen LogP contribution in [0.2, 0.25) is 0 Å². The third kappa shape index (κ3) is 2.76. The highest BCUT2D eigenvalue weighted by atomic mass is 15.2. The fourth-order valence-corrected chi connectivity index (χ4v) is 4.58. The van der Waals surface area contributed by atoms with Gasteiger partial charge in [-0.05, 0) is 74.8 Å². The molecular formula is C24H31N2+. The molecule has 1 aliphatic carbocycles. The summed E-state index contributed by atoms with van der Waals surface area (Å²) >= 11 is 0. The lowest BCUT2D eigenvalue weighted by Gasteiger charge is -2.12. The van der Waals surface area contributed by atoms with Gasteiger partial charge in [0, 0.05) is 0 Å². The predicted molar refractivity (Wildman–Crippen MR) is 110 cm³/mol. The van der Waals surface area contributed by atoms with Crippen molar-refractivity contribution in [2.24, 2.45) is 7.05 Å². The lowest BCUT2D eigenvalue weighted by atomic mass is 10.0. The number of nitrogens with zero attached hydrogens (tertiary/aromatic N) is 2. The summed E-state index contributed by atoms with van der Waals surface area (Å²) in [7, 11) is 2.25. The summed E-state index contributed by atoms with van der Waals surface area (Å²) in [5.41, 5.74) is 8.23. The summed E-state index contributed by atoms with van der Waals surface area (Å²) in [5.74, 6) is 1.92. The van der Waals surface area contributed by atoms with Gasteiger partial charge in [0.15, 0.2) is 11.0 Å². The fraction of sp³-hybridized carbons (Fsp3) is 0.458. The number of hydrogen-bond donors (Lipinski definition) is 0. The van der Waals surface area contributed by atoms with E-state index in [-0.39, 0.29) is 0 Å². The molecule has 3 aromatic rings. The molecule has 0 bridgehead atoms. The van der Waals surface area contributed by atoms with E-state index in [2.05, 4.69) is 80.3 Å². The molecule has 0 amide bonds. The summed E-state index contributed by atoms with van der Waals surface area (Å²) in [6.45, 7) is 8.99. The van der Waals surface area contributed by atoms with Crippen molar-refractivity contribution < 1.29 is 4.57 Å². The minimum atomic E-state index is 0.554. The van der Waals surface area contributed by atoms with Crippen molar-refractivity contribution in [3.8, 4) is 11.4 Å². The predicted octanol–water partition coefficient (Wildman–Crippen LogP) is 5.99. The van der Waals surface area contributed by atoms with Crippen LogP contribution in [0.3, 0.4) is 0 Å². The van der Waals surface area contributed by atoms with Crippen LogP contribution in [-0.4, -0.2) is 4.57 Å². The van der Waals surface area contributed by atoms with E-state index in [1.807, 2.05) is 0 Å². The molecule has 1 aliphatic rings. The zero-order valence-corrected chi connectivity index (χ0v) is 16.8. The summed E-state index contributed by atoms with van der Waals surface area (Å²) in [6, 6.07) is 14.6. The van der Waals surface area contributed by atoms with E-state index >= 15 is 0 Å². The molecule has 1 fully saturated rings. The van der Waals surface area contributed by atoms with Gasteiger partial charge in [0.05, 0.1) is 12.6 Å². The van der Waals surface area contributed by atoms with E-state index in [1.54, 1.807) is 0 Å². The standard InChI is InChI=1S/C24H31N2/c1-16(2)19-12-13-22-23(15-19)25(5)24(26(22)20-8-6-7-9-20)21-14-17(3)10-11-18(21)4/h10-16,20H,6-9H2,1-5H3/q+1. The molecule has 2 aromatic carbocycles. The SMILES string of the molecule is Cc1ccc(C)c(-c2n(C)c3cc(C(C)C)ccc3[n+]2C2CCCC2)c1. The molecule has 0 spiro atoms. The Bertz CT molecular complexity index is 956. The van der Waals surface area contributed by atoms with Crippen LogP contribution in [-0.2, 0) is 7.05 Å². The van der Waals surface area contributed by atoms with Gasteiger partial charge < -0.3 is 0 Å². The van der Waals surface area contributed by atoms with Crippen molar-refractivity contribution in [2.75, 3.05) is 0 Å². The van der Waals surface area contributed by atoms with Crippen LogP contribution in [0.5, 0.6) is 0 Å². The van der Waals surface area contributed by atoms with E-state index in [4.69, 9.17) is 0 Å². The van der Waals surface area contributed by atoms with Crippen LogP contribution in [0.1, 0.15) is 68.2 Å². The lowest BCUT2D eigenvalue weighted by Crippen LogP contribution is -2.40. The first-order chi connectivity index (χ1) is 12.5. The van der Waals surface area contributed by atoms with E-state index in [9.17, 15) is 0 Å². The number of aromatic nitrogens is 2. The maximum Gasteiger partial charge on any atom is 0.290 e. The Morgan fingerprint density at radius 3 is 2.42 bits per heavy atom. The Morgan fingerprint density at radius 1 is 1.00 bits per heavy atom. The molecule has 26 heavy (non-hydrogen) atoms. The molecule has 2 nitrogen and oxygen atoms in total. The third-order valence-electron chi connectivity index (χ3n) is 6.16. The third-order valence-corrected chi connectivity index (χ3v) is 6.16. The van der Waals surface area contributed by atoms with Crippen LogP contribution in [0.25, 0.3) is 22.4 Å². The van der Waals surface area contributed by atoms with Crippen molar-refractivity contribution in [1.82, 2.24) is 4.57 Å². The van der Waals surface area contributed by atoms with E-state index < -0.39 is 0 Å². The summed E-state index contributed by atoms with van der Waals surface area (Å²) in [5, 5.41) is 0. The minimum Gasteiger partial charge on any atom is -0.226 e. The molecule has 0 atom stereocenters. The van der Waals surface area contributed by atoms with Crippen LogP contribution < -0.4 is 4.57 Å². The van der Waals surface area contributed by atoms with Gasteiger partial charge >= 0.3 is 0 Å². The van der Waals surface area contributed by atoms with Crippen molar-refractivity contribution in [1.29, 1.82) is 0 Å². The van der Waals surface area contributed by atoms with Crippen molar-refractivity contribution in [2.45, 2.75) is 65.3 Å². The molecule has 0 unspecified atom stereocenters. The molecule has 0 aliphatic heterocycles. The topological polar surface area (TPSA) is 8.81 Å². The van der Waals surface area contributed by atoms with Gasteiger partial charge in [-0.2, -0.15) is 0 Å². The summed E-state index contributed by atoms with van der Waals surface area (Å²) < 4.78 is 5.08. The highest BCUT2D eigenvalue weighted by molar-refractivity contribution is 5.77. The number of hydrogen-bond acceptors (Lipinski definition) is 0. The summed E-state index contributed by atoms with van der Waals surface area (Å²) in [4.78, 5) is 0. The molecular weight excluding hydrogens is 316 g/mol. The highest BCUT2D eigenvalue weighted by Gasteiger charge is 2.32. The van der Waals surface area contributed by atoms with Gasteiger partial charge in [-0.15, -0.1) is 0 Å². The average Bonchev–Trinajstić information content (AvgIpc) is 3.23. The molecule has 0 radical (unpaired) electrons. The molecule has 1 aromatic heterocycles. The molecule has 0 saturated heterocycles. The first-order valence-corrected chi connectivity index (χ1v) is 10.1. The Kier molecular flexibility index (Phi) is 4.38. The first-order valence-electron chi connectivity index (χ1n) is 10.1. The molecule has 136 valence electrons. The van der Waals surface area contributed by atoms with E-state index in [0.29, 0.717) is 12.0 Å². The maximum atomic E-state index is 2.65. The number of fused-ring (bicyclic) bond motifs is 1. The second kappa shape index (κ2) is 6.57. The lowest BCUT2D eigenvalue weighted by molar-refractivity contribution is -0.687.